The average Bonchev–Trinajstić information content (AvgIpc) is 2.48. The van der Waals surface area contributed by atoms with Crippen molar-refractivity contribution in [3.05, 3.63) is 0 Å². The minimum Gasteiger partial charge on any atom is -0.321 e. The predicted molar refractivity (Wildman–Crippen MR) is 73.3 cm³/mol. The summed E-state index contributed by atoms with van der Waals surface area (Å²) >= 11 is 0. The van der Waals surface area contributed by atoms with Crippen LogP contribution in [-0.4, -0.2) is 47.8 Å². The number of Topliss-reactive ketones (excluding diaryl/α,β-unsaturated/α-hetero) is 1. The molecule has 1 aliphatic rings. The first-order chi connectivity index (χ1) is 8.20. The largest absolute Gasteiger partial charge is 0.321 e. The second-order valence-electron chi connectivity index (χ2n) is 5.27. The van der Waals surface area contributed by atoms with E-state index in [4.69, 9.17) is 5.73 Å². The van der Waals surface area contributed by atoms with Gasteiger partial charge in [-0.2, -0.15) is 0 Å². The van der Waals surface area contributed by atoms with Crippen LogP contribution in [0.15, 0.2) is 0 Å². The third-order valence-corrected chi connectivity index (χ3v) is 3.33. The van der Waals surface area contributed by atoms with Gasteiger partial charge in [0.25, 0.3) is 5.91 Å². The summed E-state index contributed by atoms with van der Waals surface area (Å²) in [4.78, 5) is 36.2. The minimum absolute atomic E-state index is 0. The lowest BCUT2D eigenvalue weighted by atomic mass is 9.85. The Bertz CT molecular complexity index is 384. The fourth-order valence-corrected chi connectivity index (χ4v) is 2.09. The Hall–Kier alpha value is -0.980. The Balaban J connectivity index is 0.00000324. The smallest absolute Gasteiger partial charge is 0.255 e. The van der Waals surface area contributed by atoms with Gasteiger partial charge in [-0.1, -0.05) is 20.8 Å². The molecule has 0 bridgehead atoms. The summed E-state index contributed by atoms with van der Waals surface area (Å²) in [6, 6.07) is -0.712. The minimum atomic E-state index is -0.947. The van der Waals surface area contributed by atoms with Gasteiger partial charge in [-0.25, -0.2) is 10.0 Å². The highest BCUT2D eigenvalue weighted by atomic mass is 35.5. The number of imide groups is 1. The summed E-state index contributed by atoms with van der Waals surface area (Å²) in [5.74, 6) is -2.81. The van der Waals surface area contributed by atoms with Crippen LogP contribution in [0.1, 0.15) is 20.8 Å². The van der Waals surface area contributed by atoms with Crippen molar-refractivity contribution in [3.63, 3.8) is 0 Å². The third-order valence-electron chi connectivity index (χ3n) is 3.33. The van der Waals surface area contributed by atoms with Gasteiger partial charge in [0.05, 0.1) is 12.0 Å². The van der Waals surface area contributed by atoms with Crippen molar-refractivity contribution < 1.29 is 14.4 Å². The summed E-state index contributed by atoms with van der Waals surface area (Å²) in [6.07, 6.45) is 0. The zero-order valence-electron chi connectivity index (χ0n) is 11.9. The second kappa shape index (κ2) is 6.45. The van der Waals surface area contributed by atoms with Crippen LogP contribution in [0.25, 0.3) is 0 Å². The number of carbonyl (C=O) groups excluding carboxylic acids is 3. The van der Waals surface area contributed by atoms with Crippen LogP contribution in [0, 0.1) is 17.8 Å². The molecule has 0 aromatic carbocycles. The van der Waals surface area contributed by atoms with Crippen molar-refractivity contribution in [3.8, 4) is 0 Å². The first-order valence-electron chi connectivity index (χ1n) is 6.04. The first kappa shape index (κ1) is 18.0. The lowest BCUT2D eigenvalue weighted by Crippen LogP contribution is -2.46. The number of hydrazine groups is 1. The molecule has 0 spiro atoms. The van der Waals surface area contributed by atoms with Crippen molar-refractivity contribution in [1.82, 2.24) is 10.0 Å². The molecule has 1 fully saturated rings. The number of rotatable bonds is 4. The maximum atomic E-state index is 12.2. The number of hydrogen-bond acceptors (Lipinski definition) is 5. The van der Waals surface area contributed by atoms with Gasteiger partial charge < -0.3 is 5.73 Å². The molecule has 1 heterocycles. The molecule has 0 aromatic rings. The van der Waals surface area contributed by atoms with Gasteiger partial charge in [-0.3, -0.25) is 14.4 Å². The number of nitrogens with zero attached hydrogens (tertiary/aromatic N) is 2. The van der Waals surface area contributed by atoms with E-state index in [0.717, 1.165) is 5.01 Å². The van der Waals surface area contributed by atoms with Crippen LogP contribution in [-0.2, 0) is 14.4 Å². The molecular weight excluding hydrogens is 270 g/mol. The standard InChI is InChI=1S/C12H21N3O3.ClH/c1-6(2)9(13)10(16)8-7(3)11(17)15(12(8)18)14(4)5;/h6-9H,13H2,1-5H3;1H/t7-,8+,9-;/m0./s1. The topological polar surface area (TPSA) is 83.7 Å². The number of nitrogens with two attached hydrogens (primary N) is 1. The fourth-order valence-electron chi connectivity index (χ4n) is 2.09. The summed E-state index contributed by atoms with van der Waals surface area (Å²) < 4.78 is 0. The molecule has 0 saturated carbocycles. The molecule has 2 N–H and O–H groups in total. The van der Waals surface area contributed by atoms with Crippen molar-refractivity contribution in [2.24, 2.45) is 23.5 Å². The van der Waals surface area contributed by atoms with E-state index in [-0.39, 0.29) is 30.0 Å². The van der Waals surface area contributed by atoms with Gasteiger partial charge in [0.15, 0.2) is 5.78 Å². The van der Waals surface area contributed by atoms with Crippen LogP contribution < -0.4 is 5.73 Å². The highest BCUT2D eigenvalue weighted by Gasteiger charge is 2.51. The molecule has 7 heteroatoms. The highest BCUT2D eigenvalue weighted by Crippen LogP contribution is 2.28. The van der Waals surface area contributed by atoms with Gasteiger partial charge in [-0.15, -0.1) is 12.4 Å². The molecule has 2 amide bonds. The average molecular weight is 292 g/mol. The molecule has 6 nitrogen and oxygen atoms in total. The van der Waals surface area contributed by atoms with Gasteiger partial charge in [0, 0.05) is 14.1 Å². The molecule has 0 aromatic heterocycles. The summed E-state index contributed by atoms with van der Waals surface area (Å²) in [6.45, 7) is 5.23. The molecular formula is C12H22ClN3O3. The first-order valence-corrected chi connectivity index (χ1v) is 6.04. The zero-order valence-corrected chi connectivity index (χ0v) is 12.7. The molecule has 1 aliphatic heterocycles. The molecule has 0 radical (unpaired) electrons. The van der Waals surface area contributed by atoms with E-state index in [1.165, 1.54) is 5.01 Å². The maximum absolute atomic E-state index is 12.2. The number of amides is 2. The van der Waals surface area contributed by atoms with E-state index >= 15 is 0 Å². The third kappa shape index (κ3) is 3.13. The van der Waals surface area contributed by atoms with Crippen LogP contribution in [0.5, 0.6) is 0 Å². The van der Waals surface area contributed by atoms with E-state index < -0.39 is 23.8 Å². The Morgan fingerprint density at radius 1 is 1.26 bits per heavy atom. The van der Waals surface area contributed by atoms with E-state index in [2.05, 4.69) is 0 Å². The molecule has 0 unspecified atom stereocenters. The summed E-state index contributed by atoms with van der Waals surface area (Å²) in [5.41, 5.74) is 5.79. The Labute approximate surface area is 119 Å². The SMILES string of the molecule is CC(C)[C@H](N)C(=O)[C@@H]1C(=O)N(N(C)C)C(=O)[C@H]1C.Cl. The Morgan fingerprint density at radius 2 is 1.74 bits per heavy atom. The molecule has 0 aliphatic carbocycles. The van der Waals surface area contributed by atoms with Gasteiger partial charge in [0.1, 0.15) is 5.92 Å². The second-order valence-corrected chi connectivity index (χ2v) is 5.27. The lowest BCUT2D eigenvalue weighted by Gasteiger charge is -2.22. The van der Waals surface area contributed by atoms with Crippen LogP contribution in [0.4, 0.5) is 0 Å². The zero-order chi connectivity index (χ0) is 14.2. The maximum Gasteiger partial charge on any atom is 0.255 e. The number of halogens is 1. The summed E-state index contributed by atoms with van der Waals surface area (Å²) in [7, 11) is 3.19. The van der Waals surface area contributed by atoms with E-state index in [1.807, 2.05) is 13.8 Å². The van der Waals surface area contributed by atoms with E-state index in [9.17, 15) is 14.4 Å². The van der Waals surface area contributed by atoms with Crippen molar-refractivity contribution in [2.75, 3.05) is 14.1 Å². The predicted octanol–water partition coefficient (Wildman–Crippen LogP) is 0.0583. The monoisotopic (exact) mass is 291 g/mol. The highest BCUT2D eigenvalue weighted by molar-refractivity contribution is 6.16. The molecule has 3 atom stereocenters. The van der Waals surface area contributed by atoms with Crippen molar-refractivity contribution >= 4 is 30.0 Å². The van der Waals surface area contributed by atoms with Crippen LogP contribution in [0.3, 0.4) is 0 Å². The van der Waals surface area contributed by atoms with Gasteiger partial charge in [0.2, 0.25) is 5.91 Å². The van der Waals surface area contributed by atoms with Crippen LogP contribution in [0.2, 0.25) is 0 Å². The quantitative estimate of drug-likeness (QED) is 0.585. The van der Waals surface area contributed by atoms with Gasteiger partial charge >= 0.3 is 0 Å². The van der Waals surface area contributed by atoms with Crippen LogP contribution >= 0.6 is 12.4 Å². The number of hydrogen-bond donors (Lipinski definition) is 1. The van der Waals surface area contributed by atoms with Crippen molar-refractivity contribution in [1.29, 1.82) is 0 Å². The number of ketones is 1. The lowest BCUT2D eigenvalue weighted by molar-refractivity contribution is -0.154. The van der Waals surface area contributed by atoms with Gasteiger partial charge in [-0.05, 0) is 5.92 Å². The van der Waals surface area contributed by atoms with Crippen molar-refractivity contribution in [2.45, 2.75) is 26.8 Å². The Morgan fingerprint density at radius 3 is 2.05 bits per heavy atom. The normalized spacial score (nSPS) is 24.9. The van der Waals surface area contributed by atoms with E-state index in [0.29, 0.717) is 0 Å². The summed E-state index contributed by atoms with van der Waals surface area (Å²) in [5, 5.41) is 2.41. The molecule has 19 heavy (non-hydrogen) atoms. The molecule has 110 valence electrons. The van der Waals surface area contributed by atoms with E-state index in [1.54, 1.807) is 21.0 Å². The molecule has 1 rings (SSSR count). The molecule has 1 saturated heterocycles. The number of carbonyl (C=O) groups is 3. The Kier molecular flexibility index (Phi) is 6.12. The fraction of sp³-hybridized carbons (Fsp3) is 0.750.